The molecule has 0 bridgehead atoms. The SMILES string of the molecule is CCOc1cc(/C=C(\C#N)C(=O)Nc2ccccc2OC)ccc1OC(C)C(=O)N(C)C. The van der Waals surface area contributed by atoms with Gasteiger partial charge in [-0.05, 0) is 49.8 Å². The zero-order valence-electron chi connectivity index (χ0n) is 18.8. The van der Waals surface area contributed by atoms with E-state index in [1.807, 2.05) is 13.0 Å². The maximum absolute atomic E-state index is 12.6. The Morgan fingerprint density at radius 1 is 1.16 bits per heavy atom. The Hall–Kier alpha value is -3.99. The van der Waals surface area contributed by atoms with Crippen LogP contribution in [0.1, 0.15) is 19.4 Å². The Balaban J connectivity index is 2.28. The molecule has 0 spiro atoms. The summed E-state index contributed by atoms with van der Waals surface area (Å²) in [6.07, 6.45) is 0.748. The van der Waals surface area contributed by atoms with Crippen molar-refractivity contribution in [3.8, 4) is 23.3 Å². The second-order valence-corrected chi connectivity index (χ2v) is 6.96. The molecule has 8 nitrogen and oxygen atoms in total. The van der Waals surface area contributed by atoms with Gasteiger partial charge in [0.25, 0.3) is 11.8 Å². The van der Waals surface area contributed by atoms with Gasteiger partial charge >= 0.3 is 0 Å². The molecule has 0 heterocycles. The quantitative estimate of drug-likeness (QED) is 0.476. The standard InChI is InChI=1S/C24H27N3O5/c1-6-31-22-14-17(11-12-21(22)32-16(2)24(29)27(3)4)13-18(15-25)23(28)26-19-9-7-8-10-20(19)30-5/h7-14,16H,6H2,1-5H3,(H,26,28)/b18-13+. The van der Waals surface area contributed by atoms with Crippen LogP contribution >= 0.6 is 0 Å². The molecule has 32 heavy (non-hydrogen) atoms. The first-order valence-corrected chi connectivity index (χ1v) is 10.0. The fourth-order valence-electron chi connectivity index (χ4n) is 2.84. The molecule has 2 amide bonds. The van der Waals surface area contributed by atoms with Crippen molar-refractivity contribution in [2.75, 3.05) is 33.1 Å². The van der Waals surface area contributed by atoms with Gasteiger partial charge in [0.05, 0.1) is 19.4 Å². The molecule has 0 fully saturated rings. The number of benzene rings is 2. The van der Waals surface area contributed by atoms with E-state index < -0.39 is 12.0 Å². The first-order valence-electron chi connectivity index (χ1n) is 10.0. The third-order valence-electron chi connectivity index (χ3n) is 4.39. The molecule has 0 aliphatic rings. The number of carbonyl (C=O) groups excluding carboxylic acids is 2. The molecule has 0 aliphatic heterocycles. The van der Waals surface area contributed by atoms with Crippen LogP contribution in [0.5, 0.6) is 17.2 Å². The predicted octanol–water partition coefficient (Wildman–Crippen LogP) is 3.50. The van der Waals surface area contributed by atoms with E-state index in [1.54, 1.807) is 63.5 Å². The Morgan fingerprint density at radius 3 is 2.50 bits per heavy atom. The molecule has 0 saturated heterocycles. The van der Waals surface area contributed by atoms with Gasteiger partial charge in [0.15, 0.2) is 17.6 Å². The Morgan fingerprint density at radius 2 is 1.88 bits per heavy atom. The van der Waals surface area contributed by atoms with Crippen LogP contribution in [0.4, 0.5) is 5.69 Å². The van der Waals surface area contributed by atoms with Gasteiger partial charge in [0.1, 0.15) is 17.4 Å². The second kappa shape index (κ2) is 11.4. The van der Waals surface area contributed by atoms with Crippen LogP contribution in [0.25, 0.3) is 6.08 Å². The molecule has 0 aliphatic carbocycles. The normalized spacial score (nSPS) is 11.7. The number of carbonyl (C=O) groups is 2. The van der Waals surface area contributed by atoms with E-state index in [-0.39, 0.29) is 11.5 Å². The molecular formula is C24H27N3O5. The number of likely N-dealkylation sites (N-methyl/N-ethyl adjacent to an activating group) is 1. The van der Waals surface area contributed by atoms with Crippen molar-refractivity contribution in [1.29, 1.82) is 5.26 Å². The minimum Gasteiger partial charge on any atom is -0.495 e. The molecule has 168 valence electrons. The Bertz CT molecular complexity index is 1040. The number of hydrogen-bond acceptors (Lipinski definition) is 6. The van der Waals surface area contributed by atoms with Crippen LogP contribution in [0, 0.1) is 11.3 Å². The highest BCUT2D eigenvalue weighted by Crippen LogP contribution is 2.31. The van der Waals surface area contributed by atoms with E-state index in [1.165, 1.54) is 18.1 Å². The molecular weight excluding hydrogens is 410 g/mol. The molecule has 1 unspecified atom stereocenters. The summed E-state index contributed by atoms with van der Waals surface area (Å²) in [7, 11) is 4.80. The lowest BCUT2D eigenvalue weighted by molar-refractivity contribution is -0.135. The maximum atomic E-state index is 12.6. The topological polar surface area (TPSA) is 101 Å². The summed E-state index contributed by atoms with van der Waals surface area (Å²) >= 11 is 0. The lowest BCUT2D eigenvalue weighted by Crippen LogP contribution is -2.35. The van der Waals surface area contributed by atoms with Crippen LogP contribution < -0.4 is 19.5 Å². The predicted molar refractivity (Wildman–Crippen MR) is 122 cm³/mol. The molecule has 1 atom stereocenters. The largest absolute Gasteiger partial charge is 0.495 e. The number of nitrogens with zero attached hydrogens (tertiary/aromatic N) is 2. The molecule has 0 radical (unpaired) electrons. The third-order valence-corrected chi connectivity index (χ3v) is 4.39. The van der Waals surface area contributed by atoms with Gasteiger partial charge in [-0.15, -0.1) is 0 Å². The first kappa shape index (κ1) is 24.3. The summed E-state index contributed by atoms with van der Waals surface area (Å²) in [5.41, 5.74) is 0.932. The Labute approximate surface area is 188 Å². The number of para-hydroxylation sites is 2. The molecule has 2 rings (SSSR count). The monoisotopic (exact) mass is 437 g/mol. The highest BCUT2D eigenvalue weighted by atomic mass is 16.5. The number of methoxy groups -OCH3 is 1. The number of ether oxygens (including phenoxy) is 3. The Kier molecular flexibility index (Phi) is 8.66. The van der Waals surface area contributed by atoms with Gasteiger partial charge in [-0.2, -0.15) is 5.26 Å². The number of amides is 2. The van der Waals surface area contributed by atoms with Gasteiger partial charge in [0.2, 0.25) is 0 Å². The highest BCUT2D eigenvalue weighted by molar-refractivity contribution is 6.10. The van der Waals surface area contributed by atoms with Crippen LogP contribution in [0.15, 0.2) is 48.0 Å². The fraction of sp³-hybridized carbons (Fsp3) is 0.292. The van der Waals surface area contributed by atoms with Gasteiger partial charge in [-0.3, -0.25) is 9.59 Å². The fourth-order valence-corrected chi connectivity index (χ4v) is 2.84. The average molecular weight is 437 g/mol. The smallest absolute Gasteiger partial charge is 0.266 e. The molecule has 8 heteroatoms. The van der Waals surface area contributed by atoms with E-state index >= 15 is 0 Å². The van der Waals surface area contributed by atoms with Crippen LogP contribution in [0.2, 0.25) is 0 Å². The van der Waals surface area contributed by atoms with Crippen LogP contribution in [0.3, 0.4) is 0 Å². The van der Waals surface area contributed by atoms with Gasteiger partial charge in [-0.1, -0.05) is 18.2 Å². The summed E-state index contributed by atoms with van der Waals surface area (Å²) < 4.78 is 16.6. The van der Waals surface area contributed by atoms with Crippen molar-refractivity contribution in [2.24, 2.45) is 0 Å². The number of rotatable bonds is 9. The van der Waals surface area contributed by atoms with Crippen LogP contribution in [-0.4, -0.2) is 50.6 Å². The van der Waals surface area contributed by atoms with Crippen molar-refractivity contribution in [3.63, 3.8) is 0 Å². The summed E-state index contributed by atoms with van der Waals surface area (Å²) in [5.74, 6) is 0.530. The number of anilines is 1. The molecule has 2 aromatic rings. The van der Waals surface area contributed by atoms with E-state index in [2.05, 4.69) is 5.32 Å². The number of hydrogen-bond donors (Lipinski definition) is 1. The van der Waals surface area contributed by atoms with Crippen LogP contribution in [-0.2, 0) is 9.59 Å². The molecule has 2 aromatic carbocycles. The zero-order chi connectivity index (χ0) is 23.7. The summed E-state index contributed by atoms with van der Waals surface area (Å²) in [4.78, 5) is 26.2. The average Bonchev–Trinajstić information content (AvgIpc) is 2.78. The molecule has 0 aromatic heterocycles. The van der Waals surface area contributed by atoms with E-state index in [0.29, 0.717) is 35.1 Å². The van der Waals surface area contributed by atoms with Crippen molar-refractivity contribution >= 4 is 23.6 Å². The number of nitriles is 1. The number of nitrogens with one attached hydrogen (secondary N) is 1. The first-order chi connectivity index (χ1) is 15.3. The van der Waals surface area contributed by atoms with Crippen molar-refractivity contribution in [1.82, 2.24) is 4.90 Å². The highest BCUT2D eigenvalue weighted by Gasteiger charge is 2.19. The van der Waals surface area contributed by atoms with E-state index in [4.69, 9.17) is 14.2 Å². The van der Waals surface area contributed by atoms with Crippen molar-refractivity contribution in [2.45, 2.75) is 20.0 Å². The molecule has 0 saturated carbocycles. The van der Waals surface area contributed by atoms with Crippen molar-refractivity contribution in [3.05, 3.63) is 53.6 Å². The lowest BCUT2D eigenvalue weighted by Gasteiger charge is -2.20. The van der Waals surface area contributed by atoms with Crippen molar-refractivity contribution < 1.29 is 23.8 Å². The summed E-state index contributed by atoms with van der Waals surface area (Å²) in [6.45, 7) is 3.85. The lowest BCUT2D eigenvalue weighted by atomic mass is 10.1. The summed E-state index contributed by atoms with van der Waals surface area (Å²) in [6, 6.07) is 13.8. The molecule has 1 N–H and O–H groups in total. The van der Waals surface area contributed by atoms with Gasteiger partial charge < -0.3 is 24.4 Å². The second-order valence-electron chi connectivity index (χ2n) is 6.96. The van der Waals surface area contributed by atoms with E-state index in [0.717, 1.165) is 0 Å². The maximum Gasteiger partial charge on any atom is 0.266 e. The minimum atomic E-state index is -0.702. The van der Waals surface area contributed by atoms with Gasteiger partial charge in [-0.25, -0.2) is 0 Å². The van der Waals surface area contributed by atoms with E-state index in [9.17, 15) is 14.9 Å². The third kappa shape index (κ3) is 6.25. The summed E-state index contributed by atoms with van der Waals surface area (Å²) in [5, 5.41) is 12.2. The minimum absolute atomic E-state index is 0.0943. The van der Waals surface area contributed by atoms with Gasteiger partial charge in [0, 0.05) is 14.1 Å². The zero-order valence-corrected chi connectivity index (χ0v) is 18.8.